The molecular formula is C25H26N4O3. The predicted molar refractivity (Wildman–Crippen MR) is 122 cm³/mol. The minimum Gasteiger partial charge on any atom is -0.463 e. The zero-order valence-electron chi connectivity index (χ0n) is 18.2. The monoisotopic (exact) mass is 430 g/mol. The van der Waals surface area contributed by atoms with E-state index in [1.54, 1.807) is 47.0 Å². The number of rotatable bonds is 8. The number of fused-ring (bicyclic) bond motifs is 1. The lowest BCUT2D eigenvalue weighted by Crippen LogP contribution is -2.41. The maximum absolute atomic E-state index is 13.2. The van der Waals surface area contributed by atoms with Crippen molar-refractivity contribution < 1.29 is 14.0 Å². The first-order valence-corrected chi connectivity index (χ1v) is 10.6. The zero-order chi connectivity index (χ0) is 22.5. The number of likely N-dealkylation sites (N-methyl/N-ethyl adjacent to an activating group) is 1. The topological polar surface area (TPSA) is 80.4 Å². The van der Waals surface area contributed by atoms with E-state index in [-0.39, 0.29) is 17.9 Å². The lowest BCUT2D eigenvalue weighted by Gasteiger charge is -2.28. The van der Waals surface area contributed by atoms with Crippen molar-refractivity contribution in [1.29, 1.82) is 0 Å². The van der Waals surface area contributed by atoms with E-state index in [2.05, 4.69) is 10.3 Å². The Kier molecular flexibility index (Phi) is 6.35. The third kappa shape index (κ3) is 4.72. The van der Waals surface area contributed by atoms with Gasteiger partial charge < -0.3 is 19.2 Å². The number of benzene rings is 1. The molecule has 1 atom stereocenters. The standard InChI is InChI=1S/C25H26N4O3/c1-28-15-6-9-22(28)24(30)26-14-12-19(17-18-7-4-3-5-8-18)29(2)25(31)21-10-11-23-20(27-21)13-16-32-23/h3-11,13,15-16,19H,12,14,17H2,1-2H3,(H,26,30)/t19-/m1/s1. The molecule has 7 heteroatoms. The van der Waals surface area contributed by atoms with Crippen LogP contribution < -0.4 is 5.32 Å². The van der Waals surface area contributed by atoms with E-state index in [1.807, 2.05) is 49.6 Å². The minimum absolute atomic E-state index is 0.111. The van der Waals surface area contributed by atoms with Crippen LogP contribution in [0.2, 0.25) is 0 Å². The normalized spacial score (nSPS) is 11.9. The van der Waals surface area contributed by atoms with Gasteiger partial charge in [-0.3, -0.25) is 9.59 Å². The molecule has 164 valence electrons. The fourth-order valence-corrected chi connectivity index (χ4v) is 3.78. The highest BCUT2D eigenvalue weighted by molar-refractivity contribution is 5.94. The van der Waals surface area contributed by atoms with Gasteiger partial charge in [0.15, 0.2) is 5.58 Å². The number of nitrogens with zero attached hydrogens (tertiary/aromatic N) is 3. The summed E-state index contributed by atoms with van der Waals surface area (Å²) in [5.74, 6) is -0.292. The number of amides is 2. The average molecular weight is 431 g/mol. The first-order valence-electron chi connectivity index (χ1n) is 10.6. The summed E-state index contributed by atoms with van der Waals surface area (Å²) in [5.41, 5.74) is 3.40. The van der Waals surface area contributed by atoms with Crippen LogP contribution in [0.1, 0.15) is 33.0 Å². The zero-order valence-corrected chi connectivity index (χ0v) is 18.2. The molecule has 3 heterocycles. The smallest absolute Gasteiger partial charge is 0.272 e. The van der Waals surface area contributed by atoms with Gasteiger partial charge in [0.25, 0.3) is 11.8 Å². The molecule has 0 saturated carbocycles. The summed E-state index contributed by atoms with van der Waals surface area (Å²) in [5, 5.41) is 2.97. The van der Waals surface area contributed by atoms with Gasteiger partial charge in [0.05, 0.1) is 6.26 Å². The Labute approximate surface area is 186 Å². The third-order valence-electron chi connectivity index (χ3n) is 5.65. The average Bonchev–Trinajstić information content (AvgIpc) is 3.46. The van der Waals surface area contributed by atoms with E-state index in [1.165, 1.54) is 0 Å². The quantitative estimate of drug-likeness (QED) is 0.463. The minimum atomic E-state index is -0.164. The molecule has 1 N–H and O–H groups in total. The summed E-state index contributed by atoms with van der Waals surface area (Å²) in [6, 6.07) is 18.7. The number of aromatic nitrogens is 2. The summed E-state index contributed by atoms with van der Waals surface area (Å²) in [7, 11) is 3.62. The molecule has 0 fully saturated rings. The summed E-state index contributed by atoms with van der Waals surface area (Å²) >= 11 is 0. The first-order chi connectivity index (χ1) is 15.5. The van der Waals surface area contributed by atoms with E-state index in [0.717, 1.165) is 5.56 Å². The summed E-state index contributed by atoms with van der Waals surface area (Å²) in [6.45, 7) is 0.452. The van der Waals surface area contributed by atoms with Crippen molar-refractivity contribution in [3.05, 3.63) is 90.1 Å². The highest BCUT2D eigenvalue weighted by Crippen LogP contribution is 2.17. The molecular weight excluding hydrogens is 404 g/mol. The Morgan fingerprint density at radius 3 is 2.66 bits per heavy atom. The second-order valence-electron chi connectivity index (χ2n) is 7.81. The SMILES string of the molecule is CN(C(=O)c1ccc2occc2n1)[C@H](CCNC(=O)c1cccn1C)Cc1ccccc1. The van der Waals surface area contributed by atoms with Crippen LogP contribution >= 0.6 is 0 Å². The molecule has 0 aliphatic rings. The van der Waals surface area contributed by atoms with Gasteiger partial charge in [0, 0.05) is 38.9 Å². The van der Waals surface area contributed by atoms with E-state index in [4.69, 9.17) is 4.42 Å². The summed E-state index contributed by atoms with van der Waals surface area (Å²) < 4.78 is 7.11. The van der Waals surface area contributed by atoms with E-state index in [9.17, 15) is 9.59 Å². The first kappa shape index (κ1) is 21.4. The molecule has 1 aromatic carbocycles. The van der Waals surface area contributed by atoms with Crippen molar-refractivity contribution in [1.82, 2.24) is 19.8 Å². The molecule has 3 aromatic heterocycles. The van der Waals surface area contributed by atoms with Crippen LogP contribution in [0.25, 0.3) is 11.1 Å². The molecule has 0 saturated heterocycles. The van der Waals surface area contributed by atoms with E-state index >= 15 is 0 Å². The maximum Gasteiger partial charge on any atom is 0.272 e. The third-order valence-corrected chi connectivity index (χ3v) is 5.65. The molecule has 32 heavy (non-hydrogen) atoms. The van der Waals surface area contributed by atoms with Crippen LogP contribution in [0.3, 0.4) is 0 Å². The number of aryl methyl sites for hydroxylation is 1. The van der Waals surface area contributed by atoms with E-state index in [0.29, 0.717) is 41.9 Å². The fraction of sp³-hybridized carbons (Fsp3) is 0.240. The second kappa shape index (κ2) is 9.51. The van der Waals surface area contributed by atoms with Gasteiger partial charge in [-0.05, 0) is 42.7 Å². The van der Waals surface area contributed by atoms with Crippen molar-refractivity contribution in [2.24, 2.45) is 7.05 Å². The Balaban J connectivity index is 1.48. The van der Waals surface area contributed by atoms with Gasteiger partial charge in [-0.2, -0.15) is 0 Å². The van der Waals surface area contributed by atoms with Crippen LogP contribution in [0, 0.1) is 0 Å². The molecule has 4 aromatic rings. The Morgan fingerprint density at radius 2 is 1.91 bits per heavy atom. The van der Waals surface area contributed by atoms with Crippen molar-refractivity contribution in [2.45, 2.75) is 18.9 Å². The lowest BCUT2D eigenvalue weighted by atomic mass is 10.0. The number of pyridine rings is 1. The summed E-state index contributed by atoms with van der Waals surface area (Å²) in [4.78, 5) is 31.8. The highest BCUT2D eigenvalue weighted by Gasteiger charge is 2.23. The largest absolute Gasteiger partial charge is 0.463 e. The molecule has 0 unspecified atom stereocenters. The van der Waals surface area contributed by atoms with Crippen LogP contribution in [0.5, 0.6) is 0 Å². The molecule has 0 aliphatic heterocycles. The second-order valence-corrected chi connectivity index (χ2v) is 7.81. The summed E-state index contributed by atoms with van der Waals surface area (Å²) in [6.07, 6.45) is 4.69. The molecule has 0 radical (unpaired) electrons. The molecule has 2 amide bonds. The number of carbonyl (C=O) groups excluding carboxylic acids is 2. The van der Waals surface area contributed by atoms with Gasteiger partial charge in [-0.1, -0.05) is 30.3 Å². The lowest BCUT2D eigenvalue weighted by molar-refractivity contribution is 0.0717. The molecule has 4 rings (SSSR count). The van der Waals surface area contributed by atoms with Crippen molar-refractivity contribution in [3.63, 3.8) is 0 Å². The van der Waals surface area contributed by atoms with Crippen LogP contribution in [0.4, 0.5) is 0 Å². The van der Waals surface area contributed by atoms with Crippen LogP contribution in [0.15, 0.2) is 77.5 Å². The molecule has 0 aliphatic carbocycles. The number of furan rings is 1. The fourth-order valence-electron chi connectivity index (χ4n) is 3.78. The van der Waals surface area contributed by atoms with Crippen molar-refractivity contribution >= 4 is 22.9 Å². The van der Waals surface area contributed by atoms with Crippen molar-refractivity contribution in [2.75, 3.05) is 13.6 Å². The van der Waals surface area contributed by atoms with Gasteiger partial charge in [0.1, 0.15) is 16.9 Å². The number of carbonyl (C=O) groups is 2. The molecule has 0 spiro atoms. The number of nitrogens with one attached hydrogen (secondary N) is 1. The van der Waals surface area contributed by atoms with Crippen LogP contribution in [-0.2, 0) is 13.5 Å². The maximum atomic E-state index is 13.2. The van der Waals surface area contributed by atoms with Crippen molar-refractivity contribution in [3.8, 4) is 0 Å². The van der Waals surface area contributed by atoms with Gasteiger partial charge >= 0.3 is 0 Å². The molecule has 7 nitrogen and oxygen atoms in total. The Morgan fingerprint density at radius 1 is 1.09 bits per heavy atom. The number of hydrogen-bond acceptors (Lipinski definition) is 4. The van der Waals surface area contributed by atoms with Gasteiger partial charge in [-0.15, -0.1) is 0 Å². The van der Waals surface area contributed by atoms with Gasteiger partial charge in [0.2, 0.25) is 0 Å². The Hall–Kier alpha value is -3.87. The van der Waals surface area contributed by atoms with Gasteiger partial charge in [-0.25, -0.2) is 4.98 Å². The predicted octanol–water partition coefficient (Wildman–Crippen LogP) is 3.67. The molecule has 0 bridgehead atoms. The van der Waals surface area contributed by atoms with E-state index < -0.39 is 0 Å². The number of hydrogen-bond donors (Lipinski definition) is 1. The highest BCUT2D eigenvalue weighted by atomic mass is 16.3. The Bertz CT molecular complexity index is 1210. The van der Waals surface area contributed by atoms with Crippen LogP contribution in [-0.4, -0.2) is 45.9 Å².